The summed E-state index contributed by atoms with van der Waals surface area (Å²) >= 11 is 0. The Hall–Kier alpha value is -1.45. The van der Waals surface area contributed by atoms with Gasteiger partial charge in [0, 0.05) is 6.42 Å². The van der Waals surface area contributed by atoms with Crippen LogP contribution in [0.1, 0.15) is 103 Å². The zero-order valence-corrected chi connectivity index (χ0v) is 18.3. The predicted molar refractivity (Wildman–Crippen MR) is 114 cm³/mol. The Kier molecular flexibility index (Phi) is 10.7. The van der Waals surface area contributed by atoms with Crippen LogP contribution >= 0.6 is 0 Å². The second-order valence-corrected chi connectivity index (χ2v) is 8.70. The second-order valence-electron chi connectivity index (χ2n) is 8.70. The molecule has 0 aromatic heterocycles. The van der Waals surface area contributed by atoms with Gasteiger partial charge < -0.3 is 4.74 Å². The molecular weight excluding hydrogens is 370 g/mol. The van der Waals surface area contributed by atoms with E-state index in [1.165, 1.54) is 57.4 Å². The summed E-state index contributed by atoms with van der Waals surface area (Å²) < 4.78 is 33.8. The van der Waals surface area contributed by atoms with Crippen LogP contribution in [0.4, 0.5) is 8.78 Å². The third-order valence-electron chi connectivity index (χ3n) is 6.34. The van der Waals surface area contributed by atoms with E-state index in [9.17, 15) is 13.6 Å². The van der Waals surface area contributed by atoms with Crippen LogP contribution in [-0.4, -0.2) is 5.97 Å². The average Bonchev–Trinajstić information content (AvgIpc) is 2.72. The zero-order chi connectivity index (χ0) is 21.1. The summed E-state index contributed by atoms with van der Waals surface area (Å²) in [6, 6.07) is 2.97. The van der Waals surface area contributed by atoms with Crippen molar-refractivity contribution in [2.24, 2.45) is 11.8 Å². The molecule has 0 radical (unpaired) electrons. The lowest BCUT2D eigenvalue weighted by Gasteiger charge is -2.28. The molecule has 164 valence electrons. The van der Waals surface area contributed by atoms with Crippen LogP contribution in [0.3, 0.4) is 0 Å². The highest BCUT2D eigenvalue weighted by Gasteiger charge is 2.22. The van der Waals surface area contributed by atoms with Gasteiger partial charge in [0.1, 0.15) is 0 Å². The number of benzene rings is 1. The normalized spacial score (nSPS) is 19.3. The Morgan fingerprint density at radius 3 is 2.17 bits per heavy atom. The van der Waals surface area contributed by atoms with E-state index in [0.717, 1.165) is 25.2 Å². The molecule has 0 aliphatic heterocycles. The Morgan fingerprint density at radius 1 is 0.897 bits per heavy atom. The number of ether oxygens (including phenoxy) is 1. The Labute approximate surface area is 175 Å². The summed E-state index contributed by atoms with van der Waals surface area (Å²) in [6.07, 6.45) is 14.5. The maximum Gasteiger partial charge on any atom is 0.311 e. The van der Waals surface area contributed by atoms with Gasteiger partial charge in [-0.05, 0) is 42.7 Å². The van der Waals surface area contributed by atoms with Crippen molar-refractivity contribution in [1.29, 1.82) is 0 Å². The highest BCUT2D eigenvalue weighted by molar-refractivity contribution is 5.72. The van der Waals surface area contributed by atoms with Crippen molar-refractivity contribution in [2.75, 3.05) is 0 Å². The summed E-state index contributed by atoms with van der Waals surface area (Å²) in [5.74, 6) is -1.22. The van der Waals surface area contributed by atoms with Crippen molar-refractivity contribution in [2.45, 2.75) is 104 Å². The molecule has 1 aromatic rings. The van der Waals surface area contributed by atoms with E-state index in [1.807, 2.05) is 6.92 Å². The SMILES string of the molecule is CCCCCC(=O)Oc1ccc(CCC2CCC(CCCCC)CC2)c(F)c1F. The van der Waals surface area contributed by atoms with Gasteiger partial charge >= 0.3 is 5.97 Å². The highest BCUT2D eigenvalue weighted by atomic mass is 19.2. The summed E-state index contributed by atoms with van der Waals surface area (Å²) in [5, 5.41) is 0. The lowest BCUT2D eigenvalue weighted by molar-refractivity contribution is -0.134. The predicted octanol–water partition coefficient (Wildman–Crippen LogP) is 7.77. The minimum absolute atomic E-state index is 0.234. The molecule has 1 aliphatic carbocycles. The molecule has 0 amide bonds. The second kappa shape index (κ2) is 13.0. The smallest absolute Gasteiger partial charge is 0.311 e. The van der Waals surface area contributed by atoms with Crippen LogP contribution in [0.2, 0.25) is 0 Å². The minimum atomic E-state index is -1.04. The molecule has 29 heavy (non-hydrogen) atoms. The molecule has 1 fully saturated rings. The van der Waals surface area contributed by atoms with Crippen LogP contribution in [-0.2, 0) is 11.2 Å². The van der Waals surface area contributed by atoms with Crippen molar-refractivity contribution in [3.05, 3.63) is 29.3 Å². The third-order valence-corrected chi connectivity index (χ3v) is 6.34. The summed E-state index contributed by atoms with van der Waals surface area (Å²) in [7, 11) is 0. The summed E-state index contributed by atoms with van der Waals surface area (Å²) in [6.45, 7) is 4.28. The average molecular weight is 409 g/mol. The summed E-state index contributed by atoms with van der Waals surface area (Å²) in [4.78, 5) is 11.8. The molecule has 0 N–H and O–H groups in total. The van der Waals surface area contributed by atoms with Crippen molar-refractivity contribution in [3.8, 4) is 5.75 Å². The molecule has 0 spiro atoms. The van der Waals surface area contributed by atoms with Gasteiger partial charge in [-0.3, -0.25) is 4.79 Å². The minimum Gasteiger partial charge on any atom is -0.423 e. The number of halogens is 2. The van der Waals surface area contributed by atoms with Gasteiger partial charge in [-0.2, -0.15) is 4.39 Å². The molecule has 0 atom stereocenters. The maximum atomic E-state index is 14.4. The van der Waals surface area contributed by atoms with Crippen LogP contribution < -0.4 is 4.74 Å². The van der Waals surface area contributed by atoms with E-state index in [-0.39, 0.29) is 12.2 Å². The molecule has 1 aromatic carbocycles. The van der Waals surface area contributed by atoms with E-state index in [0.29, 0.717) is 24.3 Å². The Morgan fingerprint density at radius 2 is 1.52 bits per heavy atom. The molecule has 2 rings (SSSR count). The van der Waals surface area contributed by atoms with E-state index in [2.05, 4.69) is 6.92 Å². The maximum absolute atomic E-state index is 14.4. The standard InChI is InChI=1S/C25H38F2O2/c1-3-5-7-9-19-11-13-20(14-12-19)15-16-21-17-18-22(25(27)24(21)26)29-23(28)10-8-6-4-2/h17-20H,3-16H2,1-2H3. The van der Waals surface area contributed by atoms with Gasteiger partial charge in [0.15, 0.2) is 11.6 Å². The fourth-order valence-electron chi connectivity index (χ4n) is 4.39. The van der Waals surface area contributed by atoms with E-state index in [4.69, 9.17) is 4.74 Å². The zero-order valence-electron chi connectivity index (χ0n) is 18.3. The Bertz CT molecular complexity index is 621. The first-order chi connectivity index (χ1) is 14.0. The topological polar surface area (TPSA) is 26.3 Å². The van der Waals surface area contributed by atoms with Crippen molar-refractivity contribution < 1.29 is 18.3 Å². The first-order valence-electron chi connectivity index (χ1n) is 11.7. The molecule has 2 nitrogen and oxygen atoms in total. The van der Waals surface area contributed by atoms with Crippen molar-refractivity contribution in [1.82, 2.24) is 0 Å². The highest BCUT2D eigenvalue weighted by Crippen LogP contribution is 2.35. The molecule has 1 saturated carbocycles. The molecule has 0 heterocycles. The number of esters is 1. The number of carbonyl (C=O) groups excluding carboxylic acids is 1. The van der Waals surface area contributed by atoms with E-state index < -0.39 is 17.6 Å². The number of rotatable bonds is 12. The molecule has 4 heteroatoms. The lowest BCUT2D eigenvalue weighted by Crippen LogP contribution is -2.15. The first kappa shape index (κ1) is 23.8. The van der Waals surface area contributed by atoms with Gasteiger partial charge in [0.2, 0.25) is 5.82 Å². The quantitative estimate of drug-likeness (QED) is 0.201. The van der Waals surface area contributed by atoms with E-state index >= 15 is 0 Å². The van der Waals surface area contributed by atoms with Crippen LogP contribution in [0.25, 0.3) is 0 Å². The van der Waals surface area contributed by atoms with Gasteiger partial charge in [0.05, 0.1) is 0 Å². The number of aryl methyl sites for hydroxylation is 1. The van der Waals surface area contributed by atoms with Crippen LogP contribution in [0.5, 0.6) is 5.75 Å². The van der Waals surface area contributed by atoms with Gasteiger partial charge in [0.25, 0.3) is 0 Å². The van der Waals surface area contributed by atoms with Gasteiger partial charge in [-0.15, -0.1) is 0 Å². The molecule has 1 aliphatic rings. The first-order valence-corrected chi connectivity index (χ1v) is 11.7. The van der Waals surface area contributed by atoms with Crippen molar-refractivity contribution in [3.63, 3.8) is 0 Å². The molecule has 0 unspecified atom stereocenters. The largest absolute Gasteiger partial charge is 0.423 e. The Balaban J connectivity index is 1.79. The molecular formula is C25H38F2O2. The molecule has 0 bridgehead atoms. The molecule has 0 saturated heterocycles. The van der Waals surface area contributed by atoms with E-state index in [1.54, 1.807) is 6.07 Å². The van der Waals surface area contributed by atoms with Gasteiger partial charge in [-0.25, -0.2) is 4.39 Å². The number of hydrogen-bond acceptors (Lipinski definition) is 2. The van der Waals surface area contributed by atoms with Crippen LogP contribution in [0.15, 0.2) is 12.1 Å². The van der Waals surface area contributed by atoms with Gasteiger partial charge in [-0.1, -0.05) is 84.1 Å². The third kappa shape index (κ3) is 8.06. The number of unbranched alkanes of at least 4 members (excludes halogenated alkanes) is 4. The number of carbonyl (C=O) groups is 1. The lowest BCUT2D eigenvalue weighted by atomic mass is 9.78. The number of hydrogen-bond donors (Lipinski definition) is 0. The monoisotopic (exact) mass is 408 g/mol. The van der Waals surface area contributed by atoms with Crippen LogP contribution in [0, 0.1) is 23.5 Å². The van der Waals surface area contributed by atoms with Crippen molar-refractivity contribution >= 4 is 5.97 Å². The fraction of sp³-hybridized carbons (Fsp3) is 0.720. The fourth-order valence-corrected chi connectivity index (χ4v) is 4.39. The summed E-state index contributed by atoms with van der Waals surface area (Å²) in [5.41, 5.74) is 0.387.